The zero-order chi connectivity index (χ0) is 26.4. The summed E-state index contributed by atoms with van der Waals surface area (Å²) in [5.41, 5.74) is 1.08. The van der Waals surface area contributed by atoms with Crippen molar-refractivity contribution in [2.75, 3.05) is 7.11 Å². The maximum atomic E-state index is 12.8. The number of ether oxygens (including phenoxy) is 3. The second-order valence-electron chi connectivity index (χ2n) is 9.90. The Hall–Kier alpha value is -3.81. The van der Waals surface area contributed by atoms with Crippen molar-refractivity contribution in [2.45, 2.75) is 58.8 Å². The number of nitrogens with one attached hydrogen (secondary N) is 2. The fraction of sp³-hybridized carbons (Fsp3) is 0.370. The number of carbonyl (C=O) groups excluding carboxylic acids is 3. The molecule has 0 aliphatic heterocycles. The summed E-state index contributed by atoms with van der Waals surface area (Å²) >= 11 is 0. The molecule has 0 radical (unpaired) electrons. The number of carbonyl (C=O) groups is 3. The first kappa shape index (κ1) is 27.4. The second-order valence-corrected chi connectivity index (χ2v) is 9.90. The van der Waals surface area contributed by atoms with E-state index in [2.05, 4.69) is 17.2 Å². The number of rotatable bonds is 7. The number of esters is 1. The summed E-state index contributed by atoms with van der Waals surface area (Å²) in [7, 11) is 1.18. The highest BCUT2D eigenvalue weighted by Crippen LogP contribution is 2.25. The SMILES string of the molecule is C=C(NC(=O)OC(C)(C)C)[C@H](NC(=O)c1ccc(-c2ccc(OC(C)(C)C)cc2)cc1)C(=O)OC. The van der Waals surface area contributed by atoms with Crippen molar-refractivity contribution >= 4 is 18.0 Å². The molecular formula is C27H34N2O6. The topological polar surface area (TPSA) is 103 Å². The molecular weight excluding hydrogens is 448 g/mol. The molecule has 0 saturated carbocycles. The van der Waals surface area contributed by atoms with Crippen LogP contribution in [0.5, 0.6) is 5.75 Å². The molecule has 0 spiro atoms. The highest BCUT2D eigenvalue weighted by atomic mass is 16.6. The van der Waals surface area contributed by atoms with Crippen molar-refractivity contribution < 1.29 is 28.6 Å². The van der Waals surface area contributed by atoms with Gasteiger partial charge in [0, 0.05) is 11.3 Å². The van der Waals surface area contributed by atoms with Crippen molar-refractivity contribution in [1.82, 2.24) is 10.6 Å². The average Bonchev–Trinajstić information content (AvgIpc) is 2.75. The van der Waals surface area contributed by atoms with Gasteiger partial charge in [0.2, 0.25) is 0 Å². The van der Waals surface area contributed by atoms with E-state index in [4.69, 9.17) is 14.2 Å². The lowest BCUT2D eigenvalue weighted by Crippen LogP contribution is -2.47. The second kappa shape index (κ2) is 11.1. The predicted molar refractivity (Wildman–Crippen MR) is 134 cm³/mol. The van der Waals surface area contributed by atoms with Crippen LogP contribution >= 0.6 is 0 Å². The van der Waals surface area contributed by atoms with Crippen LogP contribution in [0, 0.1) is 0 Å². The molecule has 8 nitrogen and oxygen atoms in total. The minimum atomic E-state index is -1.30. The molecule has 2 amide bonds. The van der Waals surface area contributed by atoms with Crippen LogP contribution < -0.4 is 15.4 Å². The Morgan fingerprint density at radius 2 is 1.34 bits per heavy atom. The van der Waals surface area contributed by atoms with E-state index in [9.17, 15) is 14.4 Å². The van der Waals surface area contributed by atoms with E-state index in [1.54, 1.807) is 45.0 Å². The molecule has 0 aliphatic rings. The van der Waals surface area contributed by atoms with Gasteiger partial charge in [0.25, 0.3) is 5.91 Å². The van der Waals surface area contributed by atoms with E-state index in [1.807, 2.05) is 45.0 Å². The first-order valence-electron chi connectivity index (χ1n) is 11.2. The molecule has 1 atom stereocenters. The highest BCUT2D eigenvalue weighted by Gasteiger charge is 2.28. The fourth-order valence-electron chi connectivity index (χ4n) is 3.01. The minimum Gasteiger partial charge on any atom is -0.488 e. The molecule has 188 valence electrons. The summed E-state index contributed by atoms with van der Waals surface area (Å²) in [6.07, 6.45) is -0.797. The van der Waals surface area contributed by atoms with Gasteiger partial charge in [0.15, 0.2) is 6.04 Å². The molecule has 0 aliphatic carbocycles. The van der Waals surface area contributed by atoms with E-state index in [1.165, 1.54) is 7.11 Å². The number of hydrogen-bond acceptors (Lipinski definition) is 6. The van der Waals surface area contributed by atoms with Gasteiger partial charge in [0.1, 0.15) is 17.0 Å². The molecule has 2 rings (SSSR count). The fourth-order valence-corrected chi connectivity index (χ4v) is 3.01. The Morgan fingerprint density at radius 1 is 0.829 bits per heavy atom. The Labute approximate surface area is 206 Å². The summed E-state index contributed by atoms with van der Waals surface area (Å²) in [4.78, 5) is 37.1. The lowest BCUT2D eigenvalue weighted by molar-refractivity contribution is -0.141. The third-order valence-corrected chi connectivity index (χ3v) is 4.48. The van der Waals surface area contributed by atoms with Gasteiger partial charge < -0.3 is 19.5 Å². The predicted octanol–water partition coefficient (Wildman–Crippen LogP) is 4.84. The van der Waals surface area contributed by atoms with Gasteiger partial charge in [0.05, 0.1) is 7.11 Å². The monoisotopic (exact) mass is 482 g/mol. The van der Waals surface area contributed by atoms with Crippen molar-refractivity contribution in [3.05, 3.63) is 66.4 Å². The van der Waals surface area contributed by atoms with Crippen molar-refractivity contribution in [1.29, 1.82) is 0 Å². The van der Waals surface area contributed by atoms with Gasteiger partial charge in [-0.15, -0.1) is 0 Å². The zero-order valence-electron chi connectivity index (χ0n) is 21.4. The van der Waals surface area contributed by atoms with Gasteiger partial charge in [-0.2, -0.15) is 0 Å². The maximum Gasteiger partial charge on any atom is 0.411 e. The smallest absolute Gasteiger partial charge is 0.411 e. The molecule has 0 aromatic heterocycles. The normalized spacial score (nSPS) is 12.2. The maximum absolute atomic E-state index is 12.8. The van der Waals surface area contributed by atoms with Crippen molar-refractivity contribution in [2.24, 2.45) is 0 Å². The molecule has 2 N–H and O–H groups in total. The lowest BCUT2D eigenvalue weighted by Gasteiger charge is -2.23. The first-order valence-corrected chi connectivity index (χ1v) is 11.2. The molecule has 0 unspecified atom stereocenters. The third-order valence-electron chi connectivity index (χ3n) is 4.48. The van der Waals surface area contributed by atoms with Gasteiger partial charge in [-0.25, -0.2) is 9.59 Å². The molecule has 2 aromatic rings. The van der Waals surface area contributed by atoms with E-state index in [0.717, 1.165) is 16.9 Å². The molecule has 0 heterocycles. The van der Waals surface area contributed by atoms with Crippen LogP contribution in [0.1, 0.15) is 51.9 Å². The summed E-state index contributed by atoms with van der Waals surface area (Å²) in [6.45, 7) is 14.7. The van der Waals surface area contributed by atoms with Crippen molar-refractivity contribution in [3.8, 4) is 16.9 Å². The standard InChI is InChI=1S/C27H34N2O6/c1-17(28-25(32)35-27(5,6)7)22(24(31)33-8)29-23(30)20-11-9-18(10-12-20)19-13-15-21(16-14-19)34-26(2,3)4/h9-16,22H,1H2,2-8H3,(H,28,32)(H,29,30)/t22-/m0/s1. The van der Waals surface area contributed by atoms with Gasteiger partial charge in [-0.3, -0.25) is 10.1 Å². The van der Waals surface area contributed by atoms with Crippen LogP contribution in [0.4, 0.5) is 4.79 Å². The summed E-state index contributed by atoms with van der Waals surface area (Å²) in [5, 5.41) is 4.92. The van der Waals surface area contributed by atoms with Crippen LogP contribution in [0.3, 0.4) is 0 Å². The Balaban J connectivity index is 2.10. The van der Waals surface area contributed by atoms with Crippen LogP contribution in [0.2, 0.25) is 0 Å². The third kappa shape index (κ3) is 8.81. The zero-order valence-corrected chi connectivity index (χ0v) is 21.4. The average molecular weight is 483 g/mol. The Bertz CT molecular complexity index is 1060. The van der Waals surface area contributed by atoms with Gasteiger partial charge >= 0.3 is 12.1 Å². The van der Waals surface area contributed by atoms with E-state index >= 15 is 0 Å². The number of benzene rings is 2. The highest BCUT2D eigenvalue weighted by molar-refractivity contribution is 5.98. The molecule has 0 fully saturated rings. The molecule has 0 bridgehead atoms. The quantitative estimate of drug-likeness (QED) is 0.548. The lowest BCUT2D eigenvalue weighted by atomic mass is 10.0. The van der Waals surface area contributed by atoms with Crippen molar-refractivity contribution in [3.63, 3.8) is 0 Å². The van der Waals surface area contributed by atoms with E-state index in [0.29, 0.717) is 5.56 Å². The van der Waals surface area contributed by atoms with Gasteiger partial charge in [-0.1, -0.05) is 30.8 Å². The first-order chi connectivity index (χ1) is 16.2. The van der Waals surface area contributed by atoms with E-state index < -0.39 is 29.6 Å². The molecule has 2 aromatic carbocycles. The number of amides is 2. The van der Waals surface area contributed by atoms with E-state index in [-0.39, 0.29) is 11.3 Å². The number of methoxy groups -OCH3 is 1. The summed E-state index contributed by atoms with van der Waals surface area (Å²) in [5.74, 6) is -0.548. The van der Waals surface area contributed by atoms with Gasteiger partial charge in [-0.05, 0) is 76.9 Å². The molecule has 35 heavy (non-hydrogen) atoms. The van der Waals surface area contributed by atoms with Crippen LogP contribution in [0.25, 0.3) is 11.1 Å². The molecule has 0 saturated heterocycles. The summed E-state index contributed by atoms with van der Waals surface area (Å²) in [6, 6.07) is 13.3. The Kier molecular flexibility index (Phi) is 8.68. The largest absolute Gasteiger partial charge is 0.488 e. The number of alkyl carbamates (subject to hydrolysis) is 1. The van der Waals surface area contributed by atoms with Crippen LogP contribution in [0.15, 0.2) is 60.8 Å². The van der Waals surface area contributed by atoms with Crippen LogP contribution in [-0.4, -0.2) is 42.3 Å². The van der Waals surface area contributed by atoms with Crippen LogP contribution in [-0.2, 0) is 14.3 Å². The number of hydrogen-bond donors (Lipinski definition) is 2. The minimum absolute atomic E-state index is 0.0753. The molecule has 8 heteroatoms. The Morgan fingerprint density at radius 3 is 1.80 bits per heavy atom. The summed E-state index contributed by atoms with van der Waals surface area (Å²) < 4.78 is 15.8.